The monoisotopic (exact) mass is 352 g/mol. The number of aromatic nitrogens is 5. The lowest BCUT2D eigenvalue weighted by molar-refractivity contribution is 0.100. The highest BCUT2D eigenvalue weighted by molar-refractivity contribution is 5.93. The summed E-state index contributed by atoms with van der Waals surface area (Å²) in [5, 5.41) is 13.3. The average Bonchev–Trinajstić information content (AvgIpc) is 3.04. The summed E-state index contributed by atoms with van der Waals surface area (Å²) in [5.74, 6) is 0.874. The molecule has 2 aromatic heterocycles. The summed E-state index contributed by atoms with van der Waals surface area (Å²) < 4.78 is 0. The molecule has 0 spiro atoms. The first-order valence-corrected chi connectivity index (χ1v) is 8.00. The van der Waals surface area contributed by atoms with Crippen molar-refractivity contribution in [1.82, 2.24) is 25.1 Å². The van der Waals surface area contributed by atoms with Crippen LogP contribution in [0.25, 0.3) is 0 Å². The molecule has 1 aromatic carbocycles. The first-order valence-electron chi connectivity index (χ1n) is 8.00. The lowest BCUT2D eigenvalue weighted by Crippen LogP contribution is -2.11. The Morgan fingerprint density at radius 1 is 1.08 bits per heavy atom. The van der Waals surface area contributed by atoms with E-state index < -0.39 is 5.91 Å². The van der Waals surface area contributed by atoms with E-state index in [2.05, 4.69) is 56.6 Å². The van der Waals surface area contributed by atoms with Crippen LogP contribution in [0.3, 0.4) is 0 Å². The van der Waals surface area contributed by atoms with Crippen molar-refractivity contribution < 1.29 is 4.79 Å². The highest BCUT2D eigenvalue weighted by Crippen LogP contribution is 2.23. The molecule has 134 valence electrons. The summed E-state index contributed by atoms with van der Waals surface area (Å²) >= 11 is 0. The molecule has 0 fully saturated rings. The highest BCUT2D eigenvalue weighted by Gasteiger charge is 2.17. The predicted molar refractivity (Wildman–Crippen MR) is 98.6 cm³/mol. The number of benzene rings is 1. The van der Waals surface area contributed by atoms with Crippen LogP contribution in [0.1, 0.15) is 36.8 Å². The van der Waals surface area contributed by atoms with Crippen molar-refractivity contribution in [2.75, 3.05) is 10.6 Å². The number of H-pyrrole nitrogens is 1. The third-order valence-corrected chi connectivity index (χ3v) is 3.62. The first kappa shape index (κ1) is 17.3. The third-order valence-electron chi connectivity index (χ3n) is 3.62. The summed E-state index contributed by atoms with van der Waals surface area (Å²) in [6, 6.07) is 8.62. The number of carbonyl (C=O) groups excluding carboxylic acids is 1. The minimum atomic E-state index is -0.475. The fourth-order valence-electron chi connectivity index (χ4n) is 2.15. The van der Waals surface area contributed by atoms with Gasteiger partial charge in [-0.15, -0.1) is 0 Å². The number of carbonyl (C=O) groups is 1. The minimum absolute atomic E-state index is 0.0319. The molecule has 26 heavy (non-hydrogen) atoms. The van der Waals surface area contributed by atoms with E-state index in [1.807, 2.05) is 6.07 Å². The number of aromatic amines is 1. The number of nitrogens with one attached hydrogen (secondary N) is 3. The third kappa shape index (κ3) is 4.12. The number of hydrogen-bond donors (Lipinski definition) is 4. The van der Waals surface area contributed by atoms with E-state index in [1.54, 1.807) is 24.3 Å². The minimum Gasteiger partial charge on any atom is -0.366 e. The van der Waals surface area contributed by atoms with E-state index in [-0.39, 0.29) is 5.41 Å². The molecule has 0 saturated heterocycles. The van der Waals surface area contributed by atoms with Crippen molar-refractivity contribution in [1.29, 1.82) is 0 Å². The SMILES string of the molecule is CC(C)(C)c1cc(Nc2ncnc(Nc3ccc(C(N)=O)cc3)n2)n[nH]1. The molecule has 2 heterocycles. The van der Waals surface area contributed by atoms with Crippen LogP contribution in [0.2, 0.25) is 0 Å². The topological polar surface area (TPSA) is 134 Å². The molecule has 0 unspecified atom stereocenters. The normalized spacial score (nSPS) is 11.2. The Bertz CT molecular complexity index is 911. The Kier molecular flexibility index (Phi) is 4.53. The molecular weight excluding hydrogens is 332 g/mol. The first-order chi connectivity index (χ1) is 12.3. The largest absolute Gasteiger partial charge is 0.366 e. The molecule has 0 atom stereocenters. The van der Waals surface area contributed by atoms with Crippen molar-refractivity contribution in [3.05, 3.63) is 47.9 Å². The van der Waals surface area contributed by atoms with Gasteiger partial charge in [-0.25, -0.2) is 9.97 Å². The van der Waals surface area contributed by atoms with Gasteiger partial charge in [-0.3, -0.25) is 9.89 Å². The van der Waals surface area contributed by atoms with Crippen LogP contribution in [0.5, 0.6) is 0 Å². The lowest BCUT2D eigenvalue weighted by Gasteiger charge is -2.14. The molecule has 0 aliphatic heterocycles. The van der Waals surface area contributed by atoms with Gasteiger partial charge in [-0.1, -0.05) is 20.8 Å². The maximum atomic E-state index is 11.1. The standard InChI is InChI=1S/C17H20N8O/c1-17(2,3)12-8-13(25-24-12)22-16-20-9-19-15(23-16)21-11-6-4-10(5-7-11)14(18)26/h4-9H,1-3H3,(H2,18,26)(H3,19,20,21,22,23,24,25). The summed E-state index contributed by atoms with van der Waals surface area (Å²) in [6.07, 6.45) is 1.40. The number of amides is 1. The van der Waals surface area contributed by atoms with Gasteiger partial charge in [0.15, 0.2) is 5.82 Å². The van der Waals surface area contributed by atoms with Gasteiger partial charge in [0.05, 0.1) is 0 Å². The van der Waals surface area contributed by atoms with Gasteiger partial charge in [0.1, 0.15) is 6.33 Å². The van der Waals surface area contributed by atoms with Crippen molar-refractivity contribution in [2.24, 2.45) is 5.73 Å². The number of hydrogen-bond acceptors (Lipinski definition) is 7. The van der Waals surface area contributed by atoms with Gasteiger partial charge in [0.25, 0.3) is 0 Å². The highest BCUT2D eigenvalue weighted by atomic mass is 16.1. The molecule has 0 bridgehead atoms. The summed E-state index contributed by atoms with van der Waals surface area (Å²) in [6.45, 7) is 6.29. The van der Waals surface area contributed by atoms with E-state index >= 15 is 0 Å². The smallest absolute Gasteiger partial charge is 0.248 e. The van der Waals surface area contributed by atoms with Crippen molar-refractivity contribution in [2.45, 2.75) is 26.2 Å². The van der Waals surface area contributed by atoms with Crippen LogP contribution in [0, 0.1) is 0 Å². The lowest BCUT2D eigenvalue weighted by atomic mass is 9.92. The zero-order chi connectivity index (χ0) is 18.7. The van der Waals surface area contributed by atoms with Crippen molar-refractivity contribution in [3.63, 3.8) is 0 Å². The molecule has 3 aromatic rings. The molecule has 1 amide bonds. The van der Waals surface area contributed by atoms with Crippen LogP contribution in [0.15, 0.2) is 36.7 Å². The van der Waals surface area contributed by atoms with E-state index in [4.69, 9.17) is 5.73 Å². The number of anilines is 4. The zero-order valence-corrected chi connectivity index (χ0v) is 14.7. The molecule has 0 radical (unpaired) electrons. The van der Waals surface area contributed by atoms with Crippen LogP contribution in [-0.4, -0.2) is 31.1 Å². The van der Waals surface area contributed by atoms with Gasteiger partial charge in [0, 0.05) is 28.4 Å². The van der Waals surface area contributed by atoms with Gasteiger partial charge < -0.3 is 16.4 Å². The molecule has 0 aliphatic rings. The van der Waals surface area contributed by atoms with Crippen molar-refractivity contribution >= 4 is 29.3 Å². The predicted octanol–water partition coefficient (Wildman–Crippen LogP) is 2.48. The number of nitrogens with zero attached hydrogens (tertiary/aromatic N) is 4. The Hall–Kier alpha value is -3.49. The number of nitrogens with two attached hydrogens (primary N) is 1. The Balaban J connectivity index is 1.72. The fourth-order valence-corrected chi connectivity index (χ4v) is 2.15. The van der Waals surface area contributed by atoms with E-state index in [0.717, 1.165) is 11.4 Å². The van der Waals surface area contributed by atoms with Crippen LogP contribution < -0.4 is 16.4 Å². The van der Waals surface area contributed by atoms with Crippen LogP contribution >= 0.6 is 0 Å². The summed E-state index contributed by atoms with van der Waals surface area (Å²) in [7, 11) is 0. The van der Waals surface area contributed by atoms with Gasteiger partial charge >= 0.3 is 0 Å². The molecule has 3 rings (SSSR count). The second-order valence-electron chi connectivity index (χ2n) is 6.74. The van der Waals surface area contributed by atoms with Crippen LogP contribution in [-0.2, 0) is 5.41 Å². The number of primary amides is 1. The van der Waals surface area contributed by atoms with Crippen molar-refractivity contribution in [3.8, 4) is 0 Å². The second kappa shape index (κ2) is 6.79. The maximum Gasteiger partial charge on any atom is 0.248 e. The van der Waals surface area contributed by atoms with E-state index in [1.165, 1.54) is 6.33 Å². The Morgan fingerprint density at radius 2 is 1.73 bits per heavy atom. The van der Waals surface area contributed by atoms with Gasteiger partial charge in [-0.05, 0) is 24.3 Å². The van der Waals surface area contributed by atoms with Gasteiger partial charge in [-0.2, -0.15) is 10.1 Å². The second-order valence-corrected chi connectivity index (χ2v) is 6.74. The van der Waals surface area contributed by atoms with Crippen LogP contribution in [0.4, 0.5) is 23.4 Å². The summed E-state index contributed by atoms with van der Waals surface area (Å²) in [4.78, 5) is 23.6. The molecule has 9 nitrogen and oxygen atoms in total. The maximum absolute atomic E-state index is 11.1. The summed E-state index contributed by atoms with van der Waals surface area (Å²) in [5.41, 5.74) is 7.36. The molecule has 9 heteroatoms. The van der Waals surface area contributed by atoms with E-state index in [9.17, 15) is 4.79 Å². The molecule has 0 saturated carbocycles. The molecular formula is C17H20N8O. The quantitative estimate of drug-likeness (QED) is 0.554. The van der Waals surface area contributed by atoms with Gasteiger partial charge in [0.2, 0.25) is 17.8 Å². The Labute approximate surface area is 150 Å². The van der Waals surface area contributed by atoms with E-state index in [0.29, 0.717) is 23.3 Å². The molecule has 0 aliphatic carbocycles. The number of rotatable bonds is 5. The zero-order valence-electron chi connectivity index (χ0n) is 14.7. The Morgan fingerprint density at radius 3 is 2.31 bits per heavy atom. The average molecular weight is 352 g/mol. The molecule has 5 N–H and O–H groups in total. The fraction of sp³-hybridized carbons (Fsp3) is 0.235.